The maximum Gasteiger partial charge on any atom is 0.251 e. The lowest BCUT2D eigenvalue weighted by Crippen LogP contribution is -2.41. The van der Waals surface area contributed by atoms with Gasteiger partial charge in [-0.05, 0) is 67.3 Å². The fourth-order valence-electron chi connectivity index (χ4n) is 2.64. The molecule has 31 heavy (non-hydrogen) atoms. The molecule has 0 saturated carbocycles. The smallest absolute Gasteiger partial charge is 0.251 e. The van der Waals surface area contributed by atoms with Gasteiger partial charge in [0.15, 0.2) is 0 Å². The Labute approximate surface area is 185 Å². The molecule has 2 rings (SSSR count). The number of rotatable bonds is 11. The van der Waals surface area contributed by atoms with Crippen molar-refractivity contribution in [3.8, 4) is 11.5 Å². The molecule has 168 valence electrons. The lowest BCUT2D eigenvalue weighted by Gasteiger charge is -2.15. The summed E-state index contributed by atoms with van der Waals surface area (Å²) in [4.78, 5) is 24.8. The van der Waals surface area contributed by atoms with Gasteiger partial charge < -0.3 is 20.1 Å². The molecular weight excluding hydrogens is 392 g/mol. The minimum atomic E-state index is -0.220. The number of hydrogen-bond acceptors (Lipinski definition) is 4. The summed E-state index contributed by atoms with van der Waals surface area (Å²) >= 11 is 0. The maximum absolute atomic E-state index is 12.4. The summed E-state index contributed by atoms with van der Waals surface area (Å²) in [6, 6.07) is 13.9. The molecule has 0 saturated heterocycles. The molecule has 2 aromatic carbocycles. The number of carbonyl (C=O) groups excluding carboxylic acids is 2. The van der Waals surface area contributed by atoms with E-state index >= 15 is 0 Å². The lowest BCUT2D eigenvalue weighted by atomic mass is 10.1. The summed E-state index contributed by atoms with van der Waals surface area (Å²) in [6.45, 7) is 11.8. The van der Waals surface area contributed by atoms with Gasteiger partial charge in [-0.3, -0.25) is 9.59 Å². The van der Waals surface area contributed by atoms with Crippen LogP contribution in [-0.4, -0.2) is 37.6 Å². The number of ether oxygens (including phenoxy) is 2. The molecule has 0 bridgehead atoms. The van der Waals surface area contributed by atoms with Gasteiger partial charge in [0.25, 0.3) is 11.8 Å². The Morgan fingerprint density at radius 3 is 1.55 bits per heavy atom. The van der Waals surface area contributed by atoms with Crippen molar-refractivity contribution >= 4 is 11.8 Å². The average Bonchev–Trinajstić information content (AvgIpc) is 2.75. The van der Waals surface area contributed by atoms with E-state index in [1.165, 1.54) is 0 Å². The standard InChI is InChI=1S/C25H34N2O4/c1-17(2)15-30-22-10-6-20(7-11-22)24(28)26-14-19(5)27-25(29)21-8-12-23(13-9-21)31-16-18(3)4/h6-13,17-19H,14-16H2,1-5H3,(H,26,28)(H,27,29). The molecule has 6 heteroatoms. The van der Waals surface area contributed by atoms with Gasteiger partial charge in [-0.1, -0.05) is 27.7 Å². The Morgan fingerprint density at radius 2 is 1.13 bits per heavy atom. The second kappa shape index (κ2) is 12.0. The van der Waals surface area contributed by atoms with Crippen molar-refractivity contribution in [2.45, 2.75) is 40.7 Å². The quantitative estimate of drug-likeness (QED) is 0.562. The number of hydrogen-bond donors (Lipinski definition) is 2. The van der Waals surface area contributed by atoms with Gasteiger partial charge in [0.05, 0.1) is 13.2 Å². The SMILES string of the molecule is CC(C)COc1ccc(C(=O)NCC(C)NC(=O)c2ccc(OCC(C)C)cc2)cc1. The lowest BCUT2D eigenvalue weighted by molar-refractivity contribution is 0.0912. The molecule has 1 atom stereocenters. The molecule has 0 spiro atoms. The molecule has 0 aliphatic carbocycles. The van der Waals surface area contributed by atoms with Crippen molar-refractivity contribution in [3.05, 3.63) is 59.7 Å². The van der Waals surface area contributed by atoms with Gasteiger partial charge in [0.1, 0.15) is 11.5 Å². The van der Waals surface area contributed by atoms with Gasteiger partial charge in [-0.2, -0.15) is 0 Å². The van der Waals surface area contributed by atoms with Crippen LogP contribution in [0.4, 0.5) is 0 Å². The van der Waals surface area contributed by atoms with Gasteiger partial charge in [-0.15, -0.1) is 0 Å². The van der Waals surface area contributed by atoms with Crippen molar-refractivity contribution in [2.75, 3.05) is 19.8 Å². The first kappa shape index (κ1) is 24.3. The van der Waals surface area contributed by atoms with Gasteiger partial charge in [-0.25, -0.2) is 0 Å². The minimum absolute atomic E-state index is 0.191. The molecular formula is C25H34N2O4. The molecule has 2 amide bonds. The van der Waals surface area contributed by atoms with Crippen molar-refractivity contribution in [3.63, 3.8) is 0 Å². The summed E-state index contributed by atoms with van der Waals surface area (Å²) in [5.74, 6) is 1.98. The highest BCUT2D eigenvalue weighted by atomic mass is 16.5. The van der Waals surface area contributed by atoms with Gasteiger partial charge in [0, 0.05) is 23.7 Å². The fourth-order valence-corrected chi connectivity index (χ4v) is 2.64. The zero-order valence-corrected chi connectivity index (χ0v) is 19.1. The third-order valence-corrected chi connectivity index (χ3v) is 4.35. The first-order chi connectivity index (χ1) is 14.7. The number of nitrogens with one attached hydrogen (secondary N) is 2. The minimum Gasteiger partial charge on any atom is -0.493 e. The van der Waals surface area contributed by atoms with Crippen LogP contribution in [0.1, 0.15) is 55.3 Å². The summed E-state index contributed by atoms with van der Waals surface area (Å²) in [5, 5.41) is 5.74. The van der Waals surface area contributed by atoms with Crippen LogP contribution < -0.4 is 20.1 Å². The molecule has 1 unspecified atom stereocenters. The van der Waals surface area contributed by atoms with Crippen molar-refractivity contribution in [2.24, 2.45) is 11.8 Å². The van der Waals surface area contributed by atoms with E-state index in [1.54, 1.807) is 48.5 Å². The first-order valence-corrected chi connectivity index (χ1v) is 10.8. The van der Waals surface area contributed by atoms with Gasteiger partial charge in [0.2, 0.25) is 0 Å². The number of benzene rings is 2. The van der Waals surface area contributed by atoms with Crippen LogP contribution in [0.25, 0.3) is 0 Å². The summed E-state index contributed by atoms with van der Waals surface area (Å²) in [7, 11) is 0. The van der Waals surface area contributed by atoms with E-state index in [1.807, 2.05) is 6.92 Å². The molecule has 6 nitrogen and oxygen atoms in total. The van der Waals surface area contributed by atoms with E-state index in [-0.39, 0.29) is 17.9 Å². The third kappa shape index (κ3) is 8.70. The molecule has 0 fully saturated rings. The highest BCUT2D eigenvalue weighted by molar-refractivity contribution is 5.95. The molecule has 0 aliphatic heterocycles. The maximum atomic E-state index is 12.4. The van der Waals surface area contributed by atoms with E-state index in [0.717, 1.165) is 11.5 Å². The average molecular weight is 427 g/mol. The summed E-state index contributed by atoms with van der Waals surface area (Å²) < 4.78 is 11.3. The van der Waals surface area contributed by atoms with Crippen molar-refractivity contribution < 1.29 is 19.1 Å². The Kier molecular flexibility index (Phi) is 9.38. The normalized spacial score (nSPS) is 11.8. The highest BCUT2D eigenvalue weighted by Crippen LogP contribution is 2.14. The largest absolute Gasteiger partial charge is 0.493 e. The Bertz CT molecular complexity index is 830. The highest BCUT2D eigenvalue weighted by Gasteiger charge is 2.12. The van der Waals surface area contributed by atoms with E-state index in [9.17, 15) is 9.59 Å². The zero-order valence-electron chi connectivity index (χ0n) is 19.1. The van der Waals surface area contributed by atoms with E-state index < -0.39 is 0 Å². The molecule has 2 N–H and O–H groups in total. The molecule has 0 aliphatic rings. The van der Waals surface area contributed by atoms with Crippen molar-refractivity contribution in [1.82, 2.24) is 10.6 Å². The first-order valence-electron chi connectivity index (χ1n) is 10.8. The Morgan fingerprint density at radius 1 is 0.710 bits per heavy atom. The van der Waals surface area contributed by atoms with Gasteiger partial charge >= 0.3 is 0 Å². The third-order valence-electron chi connectivity index (χ3n) is 4.35. The Balaban J connectivity index is 1.78. The van der Waals surface area contributed by atoms with Crippen LogP contribution in [0.5, 0.6) is 11.5 Å². The predicted molar refractivity (Wildman–Crippen MR) is 123 cm³/mol. The van der Waals surface area contributed by atoms with E-state index in [0.29, 0.717) is 42.7 Å². The second-order valence-electron chi connectivity index (χ2n) is 8.54. The van der Waals surface area contributed by atoms with E-state index in [4.69, 9.17) is 9.47 Å². The Hall–Kier alpha value is -3.02. The number of amides is 2. The zero-order chi connectivity index (χ0) is 22.8. The molecule has 0 radical (unpaired) electrons. The van der Waals surface area contributed by atoms with Crippen LogP contribution in [0, 0.1) is 11.8 Å². The predicted octanol–water partition coefficient (Wildman–Crippen LogP) is 4.30. The van der Waals surface area contributed by atoms with Crippen LogP contribution in [0.15, 0.2) is 48.5 Å². The molecule has 2 aromatic rings. The fraction of sp³-hybridized carbons (Fsp3) is 0.440. The summed E-state index contributed by atoms with van der Waals surface area (Å²) in [5.41, 5.74) is 1.10. The van der Waals surface area contributed by atoms with Crippen LogP contribution >= 0.6 is 0 Å². The molecule has 0 aromatic heterocycles. The molecule has 0 heterocycles. The summed E-state index contributed by atoms with van der Waals surface area (Å²) in [6.07, 6.45) is 0. The second-order valence-corrected chi connectivity index (χ2v) is 8.54. The van der Waals surface area contributed by atoms with E-state index in [2.05, 4.69) is 38.3 Å². The monoisotopic (exact) mass is 426 g/mol. The topological polar surface area (TPSA) is 76.7 Å². The van der Waals surface area contributed by atoms with Crippen LogP contribution in [-0.2, 0) is 0 Å². The van der Waals surface area contributed by atoms with Crippen LogP contribution in [0.3, 0.4) is 0 Å². The van der Waals surface area contributed by atoms with Crippen molar-refractivity contribution in [1.29, 1.82) is 0 Å². The van der Waals surface area contributed by atoms with Crippen LogP contribution in [0.2, 0.25) is 0 Å². The number of carbonyl (C=O) groups is 2.